The molecule has 1 aromatic carbocycles. The number of rotatable bonds is 4. The second kappa shape index (κ2) is 5.48. The normalized spacial score (nSPS) is 12.5. The Morgan fingerprint density at radius 1 is 1.33 bits per heavy atom. The number of sulfone groups is 1. The highest BCUT2D eigenvalue weighted by Crippen LogP contribution is 2.36. The number of halogens is 4. The molecule has 1 aromatic rings. The number of hydrogen-bond donors (Lipinski definition) is 1. The average Bonchev–Trinajstić information content (AvgIpc) is 2.17. The lowest BCUT2D eigenvalue weighted by Crippen LogP contribution is -2.17. The van der Waals surface area contributed by atoms with Crippen LogP contribution in [0.25, 0.3) is 0 Å². The number of alkyl halides is 3. The van der Waals surface area contributed by atoms with Crippen molar-refractivity contribution in [3.8, 4) is 0 Å². The largest absolute Gasteiger partial charge is 0.418 e. The lowest BCUT2D eigenvalue weighted by atomic mass is 10.1. The van der Waals surface area contributed by atoms with Gasteiger partial charge in [-0.15, -0.1) is 0 Å². The van der Waals surface area contributed by atoms with Gasteiger partial charge in [0.25, 0.3) is 0 Å². The smallest absolute Gasteiger partial charge is 0.384 e. The van der Waals surface area contributed by atoms with E-state index in [0.29, 0.717) is 4.47 Å². The molecule has 0 bridgehead atoms. The predicted molar refractivity (Wildman–Crippen MR) is 67.3 cm³/mol. The molecular weight excluding hydrogens is 335 g/mol. The van der Waals surface area contributed by atoms with Crippen molar-refractivity contribution < 1.29 is 21.6 Å². The molecule has 0 aliphatic carbocycles. The summed E-state index contributed by atoms with van der Waals surface area (Å²) in [6.07, 6.45) is -3.46. The summed E-state index contributed by atoms with van der Waals surface area (Å²) in [5.41, 5.74) is -0.959. The van der Waals surface area contributed by atoms with Gasteiger partial charge in [0.1, 0.15) is 9.84 Å². The maximum absolute atomic E-state index is 12.7. The van der Waals surface area contributed by atoms with Gasteiger partial charge in [-0.3, -0.25) is 0 Å². The van der Waals surface area contributed by atoms with Gasteiger partial charge in [-0.1, -0.05) is 15.9 Å². The minimum atomic E-state index is -4.49. The zero-order valence-corrected chi connectivity index (χ0v) is 11.8. The Morgan fingerprint density at radius 2 is 1.94 bits per heavy atom. The van der Waals surface area contributed by atoms with E-state index in [1.807, 2.05) is 0 Å². The molecule has 0 spiro atoms. The van der Waals surface area contributed by atoms with E-state index in [9.17, 15) is 21.6 Å². The van der Waals surface area contributed by atoms with E-state index < -0.39 is 21.6 Å². The molecule has 0 aromatic heterocycles. The minimum Gasteiger partial charge on any atom is -0.384 e. The van der Waals surface area contributed by atoms with Crippen LogP contribution in [0.4, 0.5) is 18.9 Å². The van der Waals surface area contributed by atoms with Crippen LogP contribution in [0.15, 0.2) is 22.7 Å². The first-order chi connectivity index (χ1) is 8.09. The molecule has 102 valence electrons. The molecule has 8 heteroatoms. The summed E-state index contributed by atoms with van der Waals surface area (Å²) in [6, 6.07) is 3.66. The van der Waals surface area contributed by atoms with Crippen molar-refractivity contribution in [2.45, 2.75) is 6.18 Å². The van der Waals surface area contributed by atoms with Gasteiger partial charge in [0.05, 0.1) is 11.3 Å². The molecule has 0 atom stereocenters. The van der Waals surface area contributed by atoms with E-state index in [1.54, 1.807) is 0 Å². The summed E-state index contributed by atoms with van der Waals surface area (Å²) in [7, 11) is -3.20. The molecule has 0 aliphatic heterocycles. The summed E-state index contributed by atoms with van der Waals surface area (Å²) < 4.78 is 60.2. The fourth-order valence-corrected chi connectivity index (χ4v) is 2.11. The lowest BCUT2D eigenvalue weighted by molar-refractivity contribution is -0.137. The SMILES string of the molecule is CS(=O)(=O)CCNc1ccc(Br)cc1C(F)(F)F. The first-order valence-corrected chi connectivity index (χ1v) is 7.73. The van der Waals surface area contributed by atoms with Gasteiger partial charge < -0.3 is 5.32 Å². The molecular formula is C10H11BrF3NO2S. The molecule has 0 aliphatic rings. The summed E-state index contributed by atoms with van der Waals surface area (Å²) in [4.78, 5) is 0. The van der Waals surface area contributed by atoms with Gasteiger partial charge in [-0.2, -0.15) is 13.2 Å². The molecule has 0 amide bonds. The number of anilines is 1. The Hall–Kier alpha value is -0.760. The molecule has 0 fully saturated rings. The van der Waals surface area contributed by atoms with E-state index in [1.165, 1.54) is 12.1 Å². The van der Waals surface area contributed by atoms with Crippen LogP contribution in [0, 0.1) is 0 Å². The van der Waals surface area contributed by atoms with Crippen molar-refractivity contribution in [1.29, 1.82) is 0 Å². The molecule has 18 heavy (non-hydrogen) atoms. The highest BCUT2D eigenvalue weighted by atomic mass is 79.9. The van der Waals surface area contributed by atoms with Crippen LogP contribution in [0.3, 0.4) is 0 Å². The third-order valence-electron chi connectivity index (χ3n) is 2.08. The molecule has 0 radical (unpaired) electrons. The first kappa shape index (κ1) is 15.3. The van der Waals surface area contributed by atoms with E-state index >= 15 is 0 Å². The second-order valence-electron chi connectivity index (χ2n) is 3.74. The van der Waals surface area contributed by atoms with Crippen LogP contribution in [-0.4, -0.2) is 27.0 Å². The minimum absolute atomic E-state index is 0.0659. The molecule has 0 unspecified atom stereocenters. The molecule has 0 saturated heterocycles. The molecule has 3 nitrogen and oxygen atoms in total. The van der Waals surface area contributed by atoms with Crippen LogP contribution in [0.2, 0.25) is 0 Å². The quantitative estimate of drug-likeness (QED) is 0.912. The predicted octanol–water partition coefficient (Wildman–Crippen LogP) is 2.92. The van der Waals surface area contributed by atoms with Gasteiger partial charge in [0.2, 0.25) is 0 Å². The first-order valence-electron chi connectivity index (χ1n) is 4.88. The number of nitrogens with one attached hydrogen (secondary N) is 1. The molecule has 0 heterocycles. The highest BCUT2D eigenvalue weighted by molar-refractivity contribution is 9.10. The molecule has 1 N–H and O–H groups in total. The van der Waals surface area contributed by atoms with Gasteiger partial charge in [-0.05, 0) is 18.2 Å². The number of benzene rings is 1. The summed E-state index contributed by atoms with van der Waals surface area (Å²) in [5.74, 6) is -0.222. The van der Waals surface area contributed by atoms with Crippen molar-refractivity contribution in [2.24, 2.45) is 0 Å². The van der Waals surface area contributed by atoms with Crippen molar-refractivity contribution in [1.82, 2.24) is 0 Å². The summed E-state index contributed by atoms with van der Waals surface area (Å²) >= 11 is 2.97. The molecule has 1 rings (SSSR count). The van der Waals surface area contributed by atoms with Crippen molar-refractivity contribution in [3.05, 3.63) is 28.2 Å². The third-order valence-corrected chi connectivity index (χ3v) is 3.51. The van der Waals surface area contributed by atoms with Gasteiger partial charge in [0, 0.05) is 23.0 Å². The highest BCUT2D eigenvalue weighted by Gasteiger charge is 2.33. The topological polar surface area (TPSA) is 46.2 Å². The lowest BCUT2D eigenvalue weighted by Gasteiger charge is -2.14. The van der Waals surface area contributed by atoms with Crippen molar-refractivity contribution in [3.63, 3.8) is 0 Å². The summed E-state index contributed by atoms with van der Waals surface area (Å²) in [6.45, 7) is -0.0659. The van der Waals surface area contributed by atoms with Crippen LogP contribution in [0.5, 0.6) is 0 Å². The van der Waals surface area contributed by atoms with E-state index in [-0.39, 0.29) is 18.0 Å². The van der Waals surface area contributed by atoms with Gasteiger partial charge in [0.15, 0.2) is 0 Å². The Morgan fingerprint density at radius 3 is 2.44 bits per heavy atom. The fourth-order valence-electron chi connectivity index (χ4n) is 1.28. The van der Waals surface area contributed by atoms with Crippen molar-refractivity contribution in [2.75, 3.05) is 23.9 Å². The molecule has 0 saturated carbocycles. The van der Waals surface area contributed by atoms with Crippen LogP contribution >= 0.6 is 15.9 Å². The van der Waals surface area contributed by atoms with E-state index in [2.05, 4.69) is 21.2 Å². The van der Waals surface area contributed by atoms with Gasteiger partial charge >= 0.3 is 6.18 Å². The standard InChI is InChI=1S/C10H11BrF3NO2S/c1-18(16,17)5-4-15-9-3-2-7(11)6-8(9)10(12,13)14/h2-3,6,15H,4-5H2,1H3. The maximum Gasteiger partial charge on any atom is 0.418 e. The van der Waals surface area contributed by atoms with Crippen LogP contribution in [-0.2, 0) is 16.0 Å². The third kappa shape index (κ3) is 4.85. The fraction of sp³-hybridized carbons (Fsp3) is 0.400. The zero-order valence-electron chi connectivity index (χ0n) is 9.38. The van der Waals surface area contributed by atoms with Crippen molar-refractivity contribution >= 4 is 31.5 Å². The zero-order chi connectivity index (χ0) is 14.0. The monoisotopic (exact) mass is 345 g/mol. The Kier molecular flexibility index (Phi) is 4.66. The average molecular weight is 346 g/mol. The van der Waals surface area contributed by atoms with E-state index in [0.717, 1.165) is 12.3 Å². The van der Waals surface area contributed by atoms with E-state index in [4.69, 9.17) is 0 Å². The number of hydrogen-bond acceptors (Lipinski definition) is 3. The summed E-state index contributed by atoms with van der Waals surface area (Å²) in [5, 5.41) is 2.48. The van der Waals surface area contributed by atoms with Crippen LogP contribution in [0.1, 0.15) is 5.56 Å². The second-order valence-corrected chi connectivity index (χ2v) is 6.92. The van der Waals surface area contributed by atoms with Crippen LogP contribution < -0.4 is 5.32 Å². The Bertz CT molecular complexity index is 528. The Labute approximate surface area is 111 Å². The Balaban J connectivity index is 2.89. The van der Waals surface area contributed by atoms with Gasteiger partial charge in [-0.25, -0.2) is 8.42 Å². The maximum atomic E-state index is 12.7.